The van der Waals surface area contributed by atoms with Crippen molar-refractivity contribution >= 4 is 34.8 Å². The highest BCUT2D eigenvalue weighted by Crippen LogP contribution is 2.31. The van der Waals surface area contributed by atoms with Crippen LogP contribution in [-0.4, -0.2) is 26.1 Å². The van der Waals surface area contributed by atoms with Gasteiger partial charge in [0.15, 0.2) is 0 Å². The fourth-order valence-corrected chi connectivity index (χ4v) is 2.61. The number of aromatic nitrogens is 4. The van der Waals surface area contributed by atoms with Crippen LogP contribution in [0.4, 0.5) is 18.9 Å². The van der Waals surface area contributed by atoms with Crippen LogP contribution < -0.4 is 5.32 Å². The number of rotatable bonds is 4. The highest BCUT2D eigenvalue weighted by Gasteiger charge is 2.31. The van der Waals surface area contributed by atoms with Crippen molar-refractivity contribution in [3.63, 3.8) is 0 Å². The van der Waals surface area contributed by atoms with Crippen LogP contribution in [0.5, 0.6) is 0 Å². The molecule has 0 aliphatic heterocycles. The molecule has 1 aromatic heterocycles. The molecular formula is C17H12Cl2F3N5O. The summed E-state index contributed by atoms with van der Waals surface area (Å²) in [6.07, 6.45) is -4.49. The Morgan fingerprint density at radius 2 is 1.93 bits per heavy atom. The van der Waals surface area contributed by atoms with Crippen molar-refractivity contribution in [2.45, 2.75) is 19.1 Å². The molecule has 1 unspecified atom stereocenters. The molecule has 0 saturated carbocycles. The van der Waals surface area contributed by atoms with E-state index in [1.807, 2.05) is 0 Å². The number of hydrogen-bond donors (Lipinski definition) is 1. The molecule has 0 spiro atoms. The van der Waals surface area contributed by atoms with Gasteiger partial charge in [0.05, 0.1) is 16.3 Å². The Kier molecular flexibility index (Phi) is 5.57. The number of amides is 1. The number of anilines is 1. The molecule has 1 N–H and O–H groups in total. The van der Waals surface area contributed by atoms with Crippen molar-refractivity contribution in [1.29, 1.82) is 0 Å². The van der Waals surface area contributed by atoms with Gasteiger partial charge in [-0.3, -0.25) is 4.79 Å². The highest BCUT2D eigenvalue weighted by molar-refractivity contribution is 6.35. The maximum atomic E-state index is 12.9. The van der Waals surface area contributed by atoms with Crippen molar-refractivity contribution in [3.8, 4) is 11.4 Å². The maximum Gasteiger partial charge on any atom is 0.416 e. The van der Waals surface area contributed by atoms with Gasteiger partial charge in [-0.25, -0.2) is 0 Å². The number of nitrogens with zero attached hydrogens (tertiary/aromatic N) is 4. The van der Waals surface area contributed by atoms with E-state index in [2.05, 4.69) is 20.7 Å². The molecule has 2 aromatic carbocycles. The number of nitrogens with one attached hydrogen (secondary N) is 1. The number of tetrazole rings is 1. The zero-order valence-corrected chi connectivity index (χ0v) is 15.7. The van der Waals surface area contributed by atoms with E-state index in [1.54, 1.807) is 6.07 Å². The number of carbonyl (C=O) groups excluding carboxylic acids is 1. The molecule has 1 heterocycles. The molecule has 11 heteroatoms. The van der Waals surface area contributed by atoms with Crippen molar-refractivity contribution in [1.82, 2.24) is 20.2 Å². The van der Waals surface area contributed by atoms with E-state index in [1.165, 1.54) is 31.2 Å². The van der Waals surface area contributed by atoms with Crippen LogP contribution in [0.25, 0.3) is 11.4 Å². The molecule has 0 radical (unpaired) electrons. The molecule has 146 valence electrons. The topological polar surface area (TPSA) is 72.7 Å². The van der Waals surface area contributed by atoms with Crippen LogP contribution in [0.2, 0.25) is 10.0 Å². The van der Waals surface area contributed by atoms with Gasteiger partial charge in [0.25, 0.3) is 5.91 Å². The van der Waals surface area contributed by atoms with E-state index in [4.69, 9.17) is 23.2 Å². The molecule has 0 fully saturated rings. The number of halogens is 5. The summed E-state index contributed by atoms with van der Waals surface area (Å²) in [7, 11) is 0. The van der Waals surface area contributed by atoms with Gasteiger partial charge in [0.2, 0.25) is 5.82 Å². The third-order valence-corrected chi connectivity index (χ3v) is 4.35. The average molecular weight is 430 g/mol. The first-order valence-corrected chi connectivity index (χ1v) is 8.64. The Morgan fingerprint density at radius 1 is 1.18 bits per heavy atom. The largest absolute Gasteiger partial charge is 0.416 e. The summed E-state index contributed by atoms with van der Waals surface area (Å²) in [5.74, 6) is -0.538. The molecule has 1 atom stereocenters. The Morgan fingerprint density at radius 3 is 2.64 bits per heavy atom. The van der Waals surface area contributed by atoms with E-state index < -0.39 is 23.7 Å². The molecule has 3 aromatic rings. The van der Waals surface area contributed by atoms with E-state index in [9.17, 15) is 18.0 Å². The third kappa shape index (κ3) is 4.42. The van der Waals surface area contributed by atoms with Crippen LogP contribution in [0.3, 0.4) is 0 Å². The van der Waals surface area contributed by atoms with Gasteiger partial charge in [0, 0.05) is 10.6 Å². The zero-order valence-electron chi connectivity index (χ0n) is 14.2. The molecule has 6 nitrogen and oxygen atoms in total. The van der Waals surface area contributed by atoms with E-state index in [0.29, 0.717) is 15.7 Å². The van der Waals surface area contributed by atoms with E-state index >= 15 is 0 Å². The summed E-state index contributed by atoms with van der Waals surface area (Å²) in [5.41, 5.74) is -0.390. The first kappa shape index (κ1) is 20.1. The molecule has 0 saturated heterocycles. The molecule has 0 bridgehead atoms. The standard InChI is InChI=1S/C17H12Cl2F3N5O/c1-9(16(28)23-14-8-12(18)5-6-13(14)19)27-25-15(24-26-27)10-3-2-4-11(7-10)17(20,21)22/h2-9H,1H3,(H,23,28). The smallest absolute Gasteiger partial charge is 0.323 e. The lowest BCUT2D eigenvalue weighted by molar-refractivity contribution is -0.137. The second-order valence-electron chi connectivity index (χ2n) is 5.80. The van der Waals surface area contributed by atoms with Gasteiger partial charge in [-0.05, 0) is 42.5 Å². The fourth-order valence-electron chi connectivity index (χ4n) is 2.27. The quantitative estimate of drug-likeness (QED) is 0.642. The monoisotopic (exact) mass is 429 g/mol. The number of hydrogen-bond acceptors (Lipinski definition) is 4. The first-order valence-electron chi connectivity index (χ1n) is 7.88. The summed E-state index contributed by atoms with van der Waals surface area (Å²) < 4.78 is 38.6. The van der Waals surface area contributed by atoms with Crippen molar-refractivity contribution in [3.05, 3.63) is 58.1 Å². The molecular weight excluding hydrogens is 418 g/mol. The second kappa shape index (κ2) is 7.76. The van der Waals surface area contributed by atoms with Crippen LogP contribution in [0, 0.1) is 0 Å². The molecule has 3 rings (SSSR count). The van der Waals surface area contributed by atoms with Crippen LogP contribution in [0.1, 0.15) is 18.5 Å². The van der Waals surface area contributed by atoms with Gasteiger partial charge >= 0.3 is 6.18 Å². The average Bonchev–Trinajstić information content (AvgIpc) is 3.13. The molecule has 1 amide bonds. The van der Waals surface area contributed by atoms with Gasteiger partial charge in [0.1, 0.15) is 6.04 Å². The van der Waals surface area contributed by atoms with Crippen molar-refractivity contribution in [2.75, 3.05) is 5.32 Å². The summed E-state index contributed by atoms with van der Waals surface area (Å²) in [6, 6.07) is 8.21. The lowest BCUT2D eigenvalue weighted by atomic mass is 10.1. The lowest BCUT2D eigenvalue weighted by Gasteiger charge is -2.12. The minimum atomic E-state index is -4.49. The summed E-state index contributed by atoms with van der Waals surface area (Å²) in [6.45, 7) is 1.51. The van der Waals surface area contributed by atoms with Gasteiger partial charge in [-0.2, -0.15) is 18.0 Å². The van der Waals surface area contributed by atoms with Crippen molar-refractivity contribution in [2.24, 2.45) is 0 Å². The third-order valence-electron chi connectivity index (χ3n) is 3.79. The highest BCUT2D eigenvalue weighted by atomic mass is 35.5. The minimum absolute atomic E-state index is 0.0356. The molecule has 28 heavy (non-hydrogen) atoms. The predicted octanol–water partition coefficient (Wildman–Crippen LogP) is 4.87. The Labute approximate surface area is 167 Å². The Balaban J connectivity index is 1.79. The number of alkyl halides is 3. The lowest BCUT2D eigenvalue weighted by Crippen LogP contribution is -2.25. The molecule has 0 aliphatic carbocycles. The summed E-state index contributed by atoms with van der Waals surface area (Å²) in [5, 5.41) is 14.8. The maximum absolute atomic E-state index is 12.9. The second-order valence-corrected chi connectivity index (χ2v) is 6.65. The van der Waals surface area contributed by atoms with Crippen LogP contribution >= 0.6 is 23.2 Å². The van der Waals surface area contributed by atoms with Crippen molar-refractivity contribution < 1.29 is 18.0 Å². The summed E-state index contributed by atoms with van der Waals surface area (Å²) >= 11 is 11.9. The van der Waals surface area contributed by atoms with Gasteiger partial charge in [-0.15, -0.1) is 10.2 Å². The Bertz CT molecular complexity index is 1020. The number of benzene rings is 2. The zero-order chi connectivity index (χ0) is 20.5. The fraction of sp³-hybridized carbons (Fsp3) is 0.176. The first-order chi connectivity index (χ1) is 13.1. The van der Waals surface area contributed by atoms with Crippen LogP contribution in [0.15, 0.2) is 42.5 Å². The Hall–Kier alpha value is -2.65. The normalized spacial score (nSPS) is 12.6. The summed E-state index contributed by atoms with van der Waals surface area (Å²) in [4.78, 5) is 13.4. The van der Waals surface area contributed by atoms with Gasteiger partial charge in [-0.1, -0.05) is 35.3 Å². The van der Waals surface area contributed by atoms with E-state index in [-0.39, 0.29) is 11.4 Å². The minimum Gasteiger partial charge on any atom is -0.323 e. The number of carbonyl (C=O) groups is 1. The van der Waals surface area contributed by atoms with E-state index in [0.717, 1.165) is 16.9 Å². The predicted molar refractivity (Wildman–Crippen MR) is 98.1 cm³/mol. The molecule has 0 aliphatic rings. The van der Waals surface area contributed by atoms with Crippen LogP contribution in [-0.2, 0) is 11.0 Å². The SMILES string of the molecule is CC(C(=O)Nc1cc(Cl)ccc1Cl)n1nnc(-c2cccc(C(F)(F)F)c2)n1. The van der Waals surface area contributed by atoms with Gasteiger partial charge < -0.3 is 5.32 Å².